The Morgan fingerprint density at radius 3 is 2.63 bits per heavy atom. The lowest BCUT2D eigenvalue weighted by atomic mass is 9.70. The van der Waals surface area contributed by atoms with E-state index in [0.717, 1.165) is 18.9 Å². The van der Waals surface area contributed by atoms with E-state index in [0.29, 0.717) is 30.1 Å². The van der Waals surface area contributed by atoms with Gasteiger partial charge in [0.2, 0.25) is 0 Å². The molecule has 0 spiro atoms. The molecule has 3 heteroatoms. The number of aliphatic hydroxyl groups excluding tert-OH is 1. The molecule has 2 fully saturated rings. The van der Waals surface area contributed by atoms with E-state index in [1.165, 1.54) is 19.3 Å². The minimum absolute atomic E-state index is 0.300. The van der Waals surface area contributed by atoms with Crippen LogP contribution in [0.1, 0.15) is 53.4 Å². The van der Waals surface area contributed by atoms with Crippen LogP contribution in [0.5, 0.6) is 0 Å². The maximum absolute atomic E-state index is 9.93. The number of ether oxygens (including phenoxy) is 1. The third kappa shape index (κ3) is 2.70. The molecule has 0 saturated heterocycles. The number of nitrogens with one attached hydrogen (secondary N) is 1. The van der Waals surface area contributed by atoms with Gasteiger partial charge in [-0.3, -0.25) is 0 Å². The number of hydrogen-bond acceptors (Lipinski definition) is 3. The van der Waals surface area contributed by atoms with Gasteiger partial charge in [0.25, 0.3) is 0 Å². The Morgan fingerprint density at radius 2 is 2.11 bits per heavy atom. The summed E-state index contributed by atoms with van der Waals surface area (Å²) in [5.41, 5.74) is 0.692. The molecule has 0 aliphatic heterocycles. The molecular formula is C16H31NO2. The lowest BCUT2D eigenvalue weighted by molar-refractivity contribution is -0.0741. The second-order valence-corrected chi connectivity index (χ2v) is 7.29. The smallest absolute Gasteiger partial charge is 0.0897 e. The van der Waals surface area contributed by atoms with Crippen LogP contribution in [0, 0.1) is 16.7 Å². The molecule has 0 amide bonds. The Morgan fingerprint density at radius 1 is 1.37 bits per heavy atom. The first kappa shape index (κ1) is 15.3. The molecule has 3 nitrogen and oxygen atoms in total. The van der Waals surface area contributed by atoms with Gasteiger partial charge in [0, 0.05) is 6.54 Å². The lowest BCUT2D eigenvalue weighted by Crippen LogP contribution is -2.39. The Labute approximate surface area is 118 Å². The molecule has 2 N–H and O–H groups in total. The second kappa shape index (κ2) is 5.71. The first-order valence-electron chi connectivity index (χ1n) is 7.92. The topological polar surface area (TPSA) is 41.5 Å². The van der Waals surface area contributed by atoms with Crippen LogP contribution in [0.25, 0.3) is 0 Å². The van der Waals surface area contributed by atoms with E-state index < -0.39 is 0 Å². The van der Waals surface area contributed by atoms with Crippen LogP contribution in [-0.4, -0.2) is 37.0 Å². The molecule has 2 saturated carbocycles. The normalized spacial score (nSPS) is 37.7. The predicted octanol–water partition coefficient (Wildman–Crippen LogP) is 2.58. The van der Waals surface area contributed by atoms with Crippen LogP contribution in [-0.2, 0) is 4.74 Å². The molecule has 0 aromatic heterocycles. The number of fused-ring (bicyclic) bond motifs is 2. The van der Waals surface area contributed by atoms with Crippen molar-refractivity contribution in [1.29, 1.82) is 0 Å². The molecule has 2 aliphatic rings. The summed E-state index contributed by atoms with van der Waals surface area (Å²) in [4.78, 5) is 0. The molecule has 2 aliphatic carbocycles. The van der Waals surface area contributed by atoms with Crippen molar-refractivity contribution in [3.05, 3.63) is 0 Å². The van der Waals surface area contributed by atoms with Crippen molar-refractivity contribution in [3.63, 3.8) is 0 Å². The highest BCUT2D eigenvalue weighted by Gasteiger charge is 2.61. The van der Waals surface area contributed by atoms with Gasteiger partial charge in [-0.15, -0.1) is 0 Å². The fourth-order valence-electron chi connectivity index (χ4n) is 4.11. The molecule has 0 heterocycles. The maximum Gasteiger partial charge on any atom is 0.0897 e. The van der Waals surface area contributed by atoms with E-state index >= 15 is 0 Å². The van der Waals surface area contributed by atoms with Crippen molar-refractivity contribution in [3.8, 4) is 0 Å². The van der Waals surface area contributed by atoms with Crippen molar-refractivity contribution in [2.75, 3.05) is 19.7 Å². The molecule has 0 aromatic carbocycles. The summed E-state index contributed by atoms with van der Waals surface area (Å²) in [5.74, 6) is 0.804. The zero-order valence-electron chi connectivity index (χ0n) is 13.0. The van der Waals surface area contributed by atoms with Gasteiger partial charge in [-0.05, 0) is 49.0 Å². The minimum Gasteiger partial charge on any atom is -0.389 e. The van der Waals surface area contributed by atoms with Crippen molar-refractivity contribution in [2.45, 2.75) is 65.6 Å². The Bertz CT molecular complexity index is 305. The Hall–Kier alpha value is -0.120. The number of aliphatic hydroxyl groups is 1. The van der Waals surface area contributed by atoms with Gasteiger partial charge in [0.1, 0.15) is 0 Å². The van der Waals surface area contributed by atoms with E-state index in [-0.39, 0.29) is 6.10 Å². The molecule has 4 atom stereocenters. The summed E-state index contributed by atoms with van der Waals surface area (Å²) in [6.45, 7) is 11.4. The van der Waals surface area contributed by atoms with Crippen molar-refractivity contribution in [1.82, 2.24) is 5.32 Å². The Kier molecular flexibility index (Phi) is 4.59. The lowest BCUT2D eigenvalue weighted by Gasteiger charge is -2.39. The van der Waals surface area contributed by atoms with Crippen LogP contribution in [0.15, 0.2) is 0 Å². The molecule has 0 radical (unpaired) electrons. The van der Waals surface area contributed by atoms with Crippen molar-refractivity contribution < 1.29 is 9.84 Å². The van der Waals surface area contributed by atoms with E-state index in [9.17, 15) is 5.11 Å². The van der Waals surface area contributed by atoms with Gasteiger partial charge in [0.05, 0.1) is 18.8 Å². The summed E-state index contributed by atoms with van der Waals surface area (Å²) in [6.07, 6.45) is 4.87. The maximum atomic E-state index is 9.93. The van der Waals surface area contributed by atoms with Gasteiger partial charge in [-0.1, -0.05) is 27.7 Å². The van der Waals surface area contributed by atoms with Gasteiger partial charge >= 0.3 is 0 Å². The first-order valence-corrected chi connectivity index (χ1v) is 7.92. The van der Waals surface area contributed by atoms with Gasteiger partial charge in [0.15, 0.2) is 0 Å². The molecule has 2 rings (SSSR count). The predicted molar refractivity (Wildman–Crippen MR) is 78.1 cm³/mol. The quantitative estimate of drug-likeness (QED) is 0.698. The largest absolute Gasteiger partial charge is 0.389 e. The van der Waals surface area contributed by atoms with Gasteiger partial charge in [-0.2, -0.15) is 0 Å². The van der Waals surface area contributed by atoms with Crippen LogP contribution < -0.4 is 5.32 Å². The third-order valence-electron chi connectivity index (χ3n) is 6.01. The highest BCUT2D eigenvalue weighted by Crippen LogP contribution is 2.66. The fourth-order valence-corrected chi connectivity index (χ4v) is 4.11. The van der Waals surface area contributed by atoms with Gasteiger partial charge < -0.3 is 15.2 Å². The van der Waals surface area contributed by atoms with Crippen molar-refractivity contribution >= 4 is 0 Å². The molecule has 0 aromatic rings. The molecule has 19 heavy (non-hydrogen) atoms. The summed E-state index contributed by atoms with van der Waals surface area (Å²) in [5, 5.41) is 13.2. The first-order chi connectivity index (χ1) is 8.91. The van der Waals surface area contributed by atoms with Crippen LogP contribution in [0.3, 0.4) is 0 Å². The standard InChI is InChI=1S/C16H31NO2/c1-5-8-17-10-13(18)11-19-14-9-12-6-7-16(14,4)15(12,2)3/h12-14,17-18H,5-11H2,1-4H3. The zero-order valence-corrected chi connectivity index (χ0v) is 13.0. The molecule has 4 unspecified atom stereocenters. The second-order valence-electron chi connectivity index (χ2n) is 7.29. The number of rotatable bonds is 7. The molecule has 2 bridgehead atoms. The zero-order chi connectivity index (χ0) is 14.1. The highest BCUT2D eigenvalue weighted by atomic mass is 16.5. The third-order valence-corrected chi connectivity index (χ3v) is 6.01. The van der Waals surface area contributed by atoms with E-state index in [4.69, 9.17) is 4.74 Å². The monoisotopic (exact) mass is 269 g/mol. The van der Waals surface area contributed by atoms with Crippen molar-refractivity contribution in [2.24, 2.45) is 16.7 Å². The summed E-state index contributed by atoms with van der Waals surface area (Å²) in [6, 6.07) is 0. The van der Waals surface area contributed by atoms with Crippen LogP contribution in [0.4, 0.5) is 0 Å². The summed E-state index contributed by atoms with van der Waals surface area (Å²) in [7, 11) is 0. The minimum atomic E-state index is -0.377. The number of hydrogen-bond donors (Lipinski definition) is 2. The van der Waals surface area contributed by atoms with Gasteiger partial charge in [-0.25, -0.2) is 0 Å². The Balaban J connectivity index is 1.79. The van der Waals surface area contributed by atoms with E-state index in [2.05, 4.69) is 33.0 Å². The van der Waals surface area contributed by atoms with E-state index in [1.54, 1.807) is 0 Å². The molecular weight excluding hydrogens is 238 g/mol. The average Bonchev–Trinajstić information content (AvgIpc) is 2.69. The summed E-state index contributed by atoms with van der Waals surface area (Å²) >= 11 is 0. The highest BCUT2D eigenvalue weighted by molar-refractivity contribution is 5.11. The average molecular weight is 269 g/mol. The van der Waals surface area contributed by atoms with Crippen LogP contribution in [0.2, 0.25) is 0 Å². The molecule has 112 valence electrons. The summed E-state index contributed by atoms with van der Waals surface area (Å²) < 4.78 is 6.08. The SMILES string of the molecule is CCCNCC(O)COC1CC2CCC1(C)C2(C)C. The van der Waals surface area contributed by atoms with Crippen LogP contribution >= 0.6 is 0 Å². The fraction of sp³-hybridized carbons (Fsp3) is 1.00. The van der Waals surface area contributed by atoms with E-state index in [1.807, 2.05) is 0 Å².